The van der Waals surface area contributed by atoms with Crippen molar-refractivity contribution in [2.45, 2.75) is 70.6 Å². The third-order valence-corrected chi connectivity index (χ3v) is 5.96. The number of nitrogens with two attached hydrogens (primary N) is 1. The van der Waals surface area contributed by atoms with Crippen molar-refractivity contribution in [1.82, 2.24) is 19.5 Å². The van der Waals surface area contributed by atoms with Gasteiger partial charge in [-0.15, -0.1) is 0 Å². The molecule has 1 aliphatic carbocycles. The number of hydrogen-bond acceptors (Lipinski definition) is 8. The van der Waals surface area contributed by atoms with Gasteiger partial charge in [-0.05, 0) is 51.3 Å². The Bertz CT molecular complexity index is 1070. The summed E-state index contributed by atoms with van der Waals surface area (Å²) >= 11 is 0. The molecule has 1 saturated carbocycles. The highest BCUT2D eigenvalue weighted by atomic mass is 16.3. The summed E-state index contributed by atoms with van der Waals surface area (Å²) in [6.07, 6.45) is 8.37. The van der Waals surface area contributed by atoms with Crippen molar-refractivity contribution >= 4 is 28.6 Å². The van der Waals surface area contributed by atoms with Crippen LogP contribution in [0.3, 0.4) is 0 Å². The van der Waals surface area contributed by atoms with Crippen LogP contribution in [0.15, 0.2) is 24.5 Å². The van der Waals surface area contributed by atoms with Crippen LogP contribution >= 0.6 is 0 Å². The average Bonchev–Trinajstić information content (AvgIpc) is 3.18. The first-order valence-corrected chi connectivity index (χ1v) is 11.3. The van der Waals surface area contributed by atoms with Gasteiger partial charge >= 0.3 is 0 Å². The topological polar surface area (TPSA) is 134 Å². The summed E-state index contributed by atoms with van der Waals surface area (Å²) in [5.41, 5.74) is 7.86. The molecule has 32 heavy (non-hydrogen) atoms. The first kappa shape index (κ1) is 22.1. The predicted molar refractivity (Wildman–Crippen MR) is 127 cm³/mol. The molecule has 0 radical (unpaired) electrons. The van der Waals surface area contributed by atoms with E-state index in [0.29, 0.717) is 54.1 Å². The summed E-state index contributed by atoms with van der Waals surface area (Å²) < 4.78 is 2.17. The van der Waals surface area contributed by atoms with E-state index in [1.54, 1.807) is 32.0 Å². The van der Waals surface area contributed by atoms with Crippen molar-refractivity contribution in [3.63, 3.8) is 0 Å². The largest absolute Gasteiger partial charge is 0.508 e. The van der Waals surface area contributed by atoms with E-state index in [2.05, 4.69) is 25.2 Å². The molecule has 0 atom stereocenters. The van der Waals surface area contributed by atoms with Crippen LogP contribution < -0.4 is 16.4 Å². The molecule has 1 aromatic carbocycles. The Kier molecular flexibility index (Phi) is 6.36. The number of nitrogen functional groups attached to an aromatic ring is 1. The maximum absolute atomic E-state index is 10.2. The predicted octanol–water partition coefficient (Wildman–Crippen LogP) is 3.80. The number of aliphatic hydroxyl groups is 1. The van der Waals surface area contributed by atoms with Gasteiger partial charge in [0.05, 0.1) is 11.9 Å². The van der Waals surface area contributed by atoms with E-state index < -0.39 is 5.60 Å². The Morgan fingerprint density at radius 2 is 1.94 bits per heavy atom. The minimum atomic E-state index is -0.771. The number of imidazole rings is 1. The van der Waals surface area contributed by atoms with Crippen LogP contribution in [0.25, 0.3) is 11.2 Å². The fourth-order valence-corrected chi connectivity index (χ4v) is 4.15. The molecule has 1 aliphatic rings. The summed E-state index contributed by atoms with van der Waals surface area (Å²) in [7, 11) is 0. The standard InChI is InChI=1S/C23H33N7O2/c1-23(2,32)10-11-25-22-28-20(26-13-15-12-16(24)8-9-18(15)31)19-21(29-22)30(14-27-19)17-6-4-3-5-7-17/h8-9,12,14,17,31-32H,3-7,10-11,13,24H2,1-2H3,(H2,25,26,28,29). The maximum Gasteiger partial charge on any atom is 0.226 e. The third kappa shape index (κ3) is 5.21. The van der Waals surface area contributed by atoms with Crippen molar-refractivity contribution in [2.24, 2.45) is 0 Å². The zero-order valence-electron chi connectivity index (χ0n) is 18.8. The fourth-order valence-electron chi connectivity index (χ4n) is 4.15. The van der Waals surface area contributed by atoms with Gasteiger partial charge in [-0.1, -0.05) is 19.3 Å². The number of nitrogens with zero attached hydrogens (tertiary/aromatic N) is 4. The first-order valence-electron chi connectivity index (χ1n) is 11.3. The van der Waals surface area contributed by atoms with Gasteiger partial charge in [-0.2, -0.15) is 9.97 Å². The van der Waals surface area contributed by atoms with Gasteiger partial charge in [0.25, 0.3) is 0 Å². The number of phenolic OH excluding ortho intramolecular Hbond substituents is 1. The Morgan fingerprint density at radius 1 is 1.16 bits per heavy atom. The molecule has 0 unspecified atom stereocenters. The van der Waals surface area contributed by atoms with E-state index in [1.807, 2.05) is 6.33 Å². The summed E-state index contributed by atoms with van der Waals surface area (Å²) in [5, 5.41) is 26.7. The number of anilines is 3. The summed E-state index contributed by atoms with van der Waals surface area (Å²) in [4.78, 5) is 14.0. The Labute approximate surface area is 188 Å². The quantitative estimate of drug-likeness (QED) is 0.264. The SMILES string of the molecule is CC(C)(O)CCNc1nc(NCc2cc(N)ccc2O)c2ncn(C3CCCCC3)c2n1. The van der Waals surface area contributed by atoms with Gasteiger partial charge < -0.3 is 31.1 Å². The molecule has 2 heterocycles. The van der Waals surface area contributed by atoms with E-state index in [0.717, 1.165) is 18.5 Å². The number of phenols is 1. The lowest BCUT2D eigenvalue weighted by molar-refractivity contribution is 0.0748. The number of hydrogen-bond donors (Lipinski definition) is 5. The van der Waals surface area contributed by atoms with Gasteiger partial charge in [0.2, 0.25) is 5.95 Å². The second kappa shape index (κ2) is 9.20. The minimum absolute atomic E-state index is 0.174. The second-order valence-corrected chi connectivity index (χ2v) is 9.24. The average molecular weight is 440 g/mol. The Hall–Kier alpha value is -3.07. The highest BCUT2D eigenvalue weighted by Gasteiger charge is 2.21. The van der Waals surface area contributed by atoms with Gasteiger partial charge in [-0.25, -0.2) is 4.98 Å². The Balaban J connectivity index is 1.64. The molecule has 0 saturated heterocycles. The van der Waals surface area contributed by atoms with Crippen LogP contribution in [-0.2, 0) is 6.54 Å². The van der Waals surface area contributed by atoms with Crippen molar-refractivity contribution in [3.8, 4) is 5.75 Å². The summed E-state index contributed by atoms with van der Waals surface area (Å²) in [6, 6.07) is 5.38. The molecule has 2 aromatic heterocycles. The lowest BCUT2D eigenvalue weighted by Crippen LogP contribution is -2.23. The molecule has 9 heteroatoms. The van der Waals surface area contributed by atoms with E-state index in [-0.39, 0.29) is 5.75 Å². The summed E-state index contributed by atoms with van der Waals surface area (Å²) in [6.45, 7) is 4.45. The highest BCUT2D eigenvalue weighted by molar-refractivity contribution is 5.84. The maximum atomic E-state index is 10.2. The fraction of sp³-hybridized carbons (Fsp3) is 0.522. The molecule has 0 amide bonds. The first-order chi connectivity index (χ1) is 15.3. The molecule has 6 N–H and O–H groups in total. The van der Waals surface area contributed by atoms with E-state index in [1.165, 1.54) is 19.3 Å². The van der Waals surface area contributed by atoms with E-state index in [4.69, 9.17) is 10.7 Å². The number of aromatic hydroxyl groups is 1. The molecule has 9 nitrogen and oxygen atoms in total. The number of rotatable bonds is 8. The van der Waals surface area contributed by atoms with Gasteiger partial charge in [-0.3, -0.25) is 0 Å². The molecular weight excluding hydrogens is 406 g/mol. The lowest BCUT2D eigenvalue weighted by Gasteiger charge is -2.23. The van der Waals surface area contributed by atoms with Gasteiger partial charge in [0.1, 0.15) is 5.75 Å². The zero-order valence-corrected chi connectivity index (χ0v) is 18.8. The normalized spacial score (nSPS) is 15.2. The van der Waals surface area contributed by atoms with Crippen LogP contribution in [0, 0.1) is 0 Å². The van der Waals surface area contributed by atoms with E-state index in [9.17, 15) is 10.2 Å². The molecular formula is C23H33N7O2. The number of fused-ring (bicyclic) bond motifs is 1. The number of benzene rings is 1. The molecule has 0 spiro atoms. The molecule has 172 valence electrons. The van der Waals surface area contributed by atoms with Gasteiger partial charge in [0.15, 0.2) is 17.0 Å². The second-order valence-electron chi connectivity index (χ2n) is 9.24. The van der Waals surface area contributed by atoms with Gasteiger partial charge in [0, 0.05) is 30.4 Å². The smallest absolute Gasteiger partial charge is 0.226 e. The summed E-state index contributed by atoms with van der Waals surface area (Å²) in [5.74, 6) is 1.25. The van der Waals surface area contributed by atoms with E-state index >= 15 is 0 Å². The minimum Gasteiger partial charge on any atom is -0.508 e. The van der Waals surface area contributed by atoms with Crippen molar-refractivity contribution in [3.05, 3.63) is 30.1 Å². The van der Waals surface area contributed by atoms with Crippen LogP contribution in [-0.4, -0.2) is 41.9 Å². The Morgan fingerprint density at radius 3 is 2.69 bits per heavy atom. The molecule has 0 bridgehead atoms. The highest BCUT2D eigenvalue weighted by Crippen LogP contribution is 2.32. The van der Waals surface area contributed by atoms with Crippen LogP contribution in [0.5, 0.6) is 5.75 Å². The molecule has 4 rings (SSSR count). The van der Waals surface area contributed by atoms with Crippen LogP contribution in [0.2, 0.25) is 0 Å². The molecule has 1 fully saturated rings. The lowest BCUT2D eigenvalue weighted by atomic mass is 9.95. The zero-order chi connectivity index (χ0) is 22.7. The third-order valence-electron chi connectivity index (χ3n) is 5.96. The van der Waals surface area contributed by atoms with Crippen LogP contribution in [0.1, 0.15) is 64.0 Å². The number of nitrogens with one attached hydrogen (secondary N) is 2. The van der Waals surface area contributed by atoms with Crippen molar-refractivity contribution in [1.29, 1.82) is 0 Å². The molecule has 3 aromatic rings. The van der Waals surface area contributed by atoms with Crippen molar-refractivity contribution < 1.29 is 10.2 Å². The molecule has 0 aliphatic heterocycles. The van der Waals surface area contributed by atoms with Crippen molar-refractivity contribution in [2.75, 3.05) is 22.9 Å². The van der Waals surface area contributed by atoms with Crippen LogP contribution in [0.4, 0.5) is 17.5 Å². The number of aromatic nitrogens is 4. The monoisotopic (exact) mass is 439 g/mol.